The van der Waals surface area contributed by atoms with Crippen LogP contribution >= 0.6 is 11.6 Å². The quantitative estimate of drug-likeness (QED) is 0.776. The molecule has 0 fully saturated rings. The highest BCUT2D eigenvalue weighted by Crippen LogP contribution is 2.33. The Morgan fingerprint density at radius 3 is 2.94 bits per heavy atom. The first-order valence-electron chi connectivity index (χ1n) is 5.44. The first-order valence-corrected chi connectivity index (χ1v) is 5.82. The summed E-state index contributed by atoms with van der Waals surface area (Å²) in [4.78, 5) is 0. The monoisotopic (exact) mass is 267 g/mol. The number of aromatic amines is 1. The standard InChI is InChI=1S/C12H14ClN3O2/c1-18-11-3-10(13)2-9(12(11)17)7-14-4-8-5-15-16-6-8/h2-3,5-6,14,17H,4,7H2,1H3,(H,15,16). The van der Waals surface area contributed by atoms with Crippen LogP contribution in [-0.4, -0.2) is 22.4 Å². The van der Waals surface area contributed by atoms with Crippen LogP contribution in [0.3, 0.4) is 0 Å². The van der Waals surface area contributed by atoms with E-state index in [4.69, 9.17) is 16.3 Å². The van der Waals surface area contributed by atoms with Gasteiger partial charge < -0.3 is 15.2 Å². The largest absolute Gasteiger partial charge is 0.504 e. The highest BCUT2D eigenvalue weighted by atomic mass is 35.5. The third-order valence-corrected chi connectivity index (χ3v) is 2.76. The van der Waals surface area contributed by atoms with Gasteiger partial charge in [0.2, 0.25) is 0 Å². The Morgan fingerprint density at radius 2 is 2.28 bits per heavy atom. The van der Waals surface area contributed by atoms with Crippen molar-refractivity contribution in [2.24, 2.45) is 0 Å². The molecule has 5 nitrogen and oxygen atoms in total. The number of rotatable bonds is 5. The van der Waals surface area contributed by atoms with Gasteiger partial charge in [-0.15, -0.1) is 0 Å². The Bertz CT molecular complexity index is 514. The van der Waals surface area contributed by atoms with Crippen LogP contribution < -0.4 is 10.1 Å². The van der Waals surface area contributed by atoms with Gasteiger partial charge in [0.05, 0.1) is 13.3 Å². The molecule has 2 aromatic rings. The lowest BCUT2D eigenvalue weighted by Gasteiger charge is -2.10. The summed E-state index contributed by atoms with van der Waals surface area (Å²) in [5.74, 6) is 0.490. The molecule has 96 valence electrons. The van der Waals surface area contributed by atoms with Gasteiger partial charge in [0, 0.05) is 41.5 Å². The Labute approximate surface area is 110 Å². The van der Waals surface area contributed by atoms with Gasteiger partial charge in [0.25, 0.3) is 0 Å². The second kappa shape index (κ2) is 5.75. The van der Waals surface area contributed by atoms with E-state index in [1.165, 1.54) is 7.11 Å². The summed E-state index contributed by atoms with van der Waals surface area (Å²) in [6, 6.07) is 3.29. The summed E-state index contributed by atoms with van der Waals surface area (Å²) in [6.07, 6.45) is 3.55. The first kappa shape index (κ1) is 12.7. The molecule has 1 heterocycles. The Hall–Kier alpha value is -1.72. The number of ether oxygens (including phenoxy) is 1. The number of hydrogen-bond acceptors (Lipinski definition) is 4. The number of aromatic nitrogens is 2. The minimum absolute atomic E-state index is 0.113. The van der Waals surface area contributed by atoms with Crippen molar-refractivity contribution >= 4 is 11.6 Å². The van der Waals surface area contributed by atoms with E-state index in [9.17, 15) is 5.11 Å². The number of methoxy groups -OCH3 is 1. The minimum atomic E-state index is 0.113. The number of H-pyrrole nitrogens is 1. The van der Waals surface area contributed by atoms with Crippen molar-refractivity contribution in [3.63, 3.8) is 0 Å². The predicted molar refractivity (Wildman–Crippen MR) is 68.8 cm³/mol. The van der Waals surface area contributed by atoms with Crippen LogP contribution in [0.4, 0.5) is 0 Å². The smallest absolute Gasteiger partial charge is 0.162 e. The van der Waals surface area contributed by atoms with Gasteiger partial charge in [0.15, 0.2) is 11.5 Å². The SMILES string of the molecule is COc1cc(Cl)cc(CNCc2cn[nH]c2)c1O. The van der Waals surface area contributed by atoms with Gasteiger partial charge in [-0.05, 0) is 6.07 Å². The topological polar surface area (TPSA) is 70.2 Å². The van der Waals surface area contributed by atoms with Gasteiger partial charge in [-0.25, -0.2) is 0 Å². The molecule has 2 rings (SSSR count). The Morgan fingerprint density at radius 1 is 1.44 bits per heavy atom. The van der Waals surface area contributed by atoms with Crippen LogP contribution in [0.1, 0.15) is 11.1 Å². The molecule has 3 N–H and O–H groups in total. The molecule has 0 saturated carbocycles. The molecule has 0 bridgehead atoms. The maximum Gasteiger partial charge on any atom is 0.162 e. The highest BCUT2D eigenvalue weighted by molar-refractivity contribution is 6.30. The molecule has 0 radical (unpaired) electrons. The Kier molecular flexibility index (Phi) is 4.07. The normalized spacial score (nSPS) is 10.6. The van der Waals surface area contributed by atoms with Crippen molar-refractivity contribution in [3.05, 3.63) is 40.7 Å². The molecule has 0 aliphatic rings. The van der Waals surface area contributed by atoms with E-state index in [1.807, 2.05) is 6.20 Å². The lowest BCUT2D eigenvalue weighted by atomic mass is 10.2. The predicted octanol–water partition coefficient (Wildman–Crippen LogP) is 2.07. The lowest BCUT2D eigenvalue weighted by molar-refractivity contribution is 0.369. The summed E-state index contributed by atoms with van der Waals surface area (Å²) in [5, 5.41) is 20.2. The maximum atomic E-state index is 9.93. The van der Waals surface area contributed by atoms with E-state index in [-0.39, 0.29) is 5.75 Å². The average molecular weight is 268 g/mol. The van der Waals surface area contributed by atoms with Crippen molar-refractivity contribution in [2.45, 2.75) is 13.1 Å². The van der Waals surface area contributed by atoms with E-state index in [0.717, 1.165) is 5.56 Å². The fraction of sp³-hybridized carbons (Fsp3) is 0.250. The molecular formula is C12H14ClN3O2. The van der Waals surface area contributed by atoms with Crippen LogP contribution in [0.2, 0.25) is 5.02 Å². The fourth-order valence-electron chi connectivity index (χ4n) is 1.63. The number of aromatic hydroxyl groups is 1. The van der Waals surface area contributed by atoms with Gasteiger partial charge in [-0.2, -0.15) is 5.10 Å². The van der Waals surface area contributed by atoms with Crippen molar-refractivity contribution in [1.29, 1.82) is 0 Å². The summed E-state index contributed by atoms with van der Waals surface area (Å²) >= 11 is 5.95. The van der Waals surface area contributed by atoms with Crippen molar-refractivity contribution in [3.8, 4) is 11.5 Å². The number of nitrogens with zero attached hydrogens (tertiary/aromatic N) is 1. The van der Waals surface area contributed by atoms with Gasteiger partial charge in [-0.3, -0.25) is 5.10 Å². The van der Waals surface area contributed by atoms with Crippen LogP contribution in [0.5, 0.6) is 11.5 Å². The van der Waals surface area contributed by atoms with E-state index in [0.29, 0.717) is 29.4 Å². The van der Waals surface area contributed by atoms with Gasteiger partial charge in [-0.1, -0.05) is 11.6 Å². The van der Waals surface area contributed by atoms with Crippen molar-refractivity contribution in [1.82, 2.24) is 15.5 Å². The van der Waals surface area contributed by atoms with Gasteiger partial charge >= 0.3 is 0 Å². The summed E-state index contributed by atoms with van der Waals surface area (Å²) in [5.41, 5.74) is 1.74. The first-order chi connectivity index (χ1) is 8.70. The fourth-order valence-corrected chi connectivity index (χ4v) is 1.87. The van der Waals surface area contributed by atoms with E-state index < -0.39 is 0 Å². The number of hydrogen-bond donors (Lipinski definition) is 3. The molecule has 6 heteroatoms. The van der Waals surface area contributed by atoms with Crippen LogP contribution in [0.25, 0.3) is 0 Å². The molecule has 0 aliphatic carbocycles. The lowest BCUT2D eigenvalue weighted by Crippen LogP contribution is -2.12. The van der Waals surface area contributed by atoms with Gasteiger partial charge in [0.1, 0.15) is 0 Å². The molecule has 0 unspecified atom stereocenters. The number of halogens is 1. The van der Waals surface area contributed by atoms with E-state index in [1.54, 1.807) is 18.3 Å². The molecule has 0 amide bonds. The molecule has 1 aromatic carbocycles. The Balaban J connectivity index is 2.02. The molecule has 0 aliphatic heterocycles. The summed E-state index contributed by atoms with van der Waals surface area (Å²) in [6.45, 7) is 1.15. The molecule has 18 heavy (non-hydrogen) atoms. The summed E-state index contributed by atoms with van der Waals surface area (Å²) < 4.78 is 5.04. The number of benzene rings is 1. The van der Waals surface area contributed by atoms with Crippen molar-refractivity contribution in [2.75, 3.05) is 7.11 Å². The van der Waals surface area contributed by atoms with E-state index >= 15 is 0 Å². The van der Waals surface area contributed by atoms with E-state index in [2.05, 4.69) is 15.5 Å². The molecule has 1 aromatic heterocycles. The molecule has 0 spiro atoms. The number of phenols is 1. The summed E-state index contributed by atoms with van der Waals surface area (Å²) in [7, 11) is 1.49. The zero-order chi connectivity index (χ0) is 13.0. The second-order valence-corrected chi connectivity index (χ2v) is 4.26. The third kappa shape index (κ3) is 2.94. The zero-order valence-corrected chi connectivity index (χ0v) is 10.7. The van der Waals surface area contributed by atoms with Crippen LogP contribution in [0, 0.1) is 0 Å². The number of nitrogens with one attached hydrogen (secondary N) is 2. The number of phenolic OH excluding ortho intramolecular Hbond substituents is 1. The van der Waals surface area contributed by atoms with Crippen LogP contribution in [-0.2, 0) is 13.1 Å². The second-order valence-electron chi connectivity index (χ2n) is 3.83. The third-order valence-electron chi connectivity index (χ3n) is 2.54. The maximum absolute atomic E-state index is 9.93. The molecule has 0 atom stereocenters. The average Bonchev–Trinajstić information content (AvgIpc) is 2.86. The minimum Gasteiger partial charge on any atom is -0.504 e. The molecule has 0 saturated heterocycles. The highest BCUT2D eigenvalue weighted by Gasteiger charge is 2.09. The van der Waals surface area contributed by atoms with Crippen molar-refractivity contribution < 1.29 is 9.84 Å². The van der Waals surface area contributed by atoms with Crippen LogP contribution in [0.15, 0.2) is 24.5 Å². The molecular weight excluding hydrogens is 254 g/mol. The zero-order valence-electron chi connectivity index (χ0n) is 9.90.